The van der Waals surface area contributed by atoms with Crippen LogP contribution in [0, 0.1) is 5.92 Å². The van der Waals surface area contributed by atoms with Gasteiger partial charge in [0.15, 0.2) is 0 Å². The van der Waals surface area contributed by atoms with Crippen LogP contribution in [0.1, 0.15) is 20.3 Å². The van der Waals surface area contributed by atoms with E-state index < -0.39 is 0 Å². The first kappa shape index (κ1) is 7.62. The smallest absolute Gasteiger partial charge is 0.142 e. The molecule has 0 aromatic carbocycles. The number of hydrogen-bond donors (Lipinski definition) is 0. The Morgan fingerprint density at radius 3 is 2.64 bits per heavy atom. The highest BCUT2D eigenvalue weighted by molar-refractivity contribution is 6.11. The molecule has 0 aromatic heterocycles. The van der Waals surface area contributed by atoms with Crippen LogP contribution >= 0.6 is 0 Å². The minimum Gasteiger partial charge on any atom is -0.375 e. The van der Waals surface area contributed by atoms with Crippen molar-refractivity contribution < 1.29 is 9.47 Å². The molecule has 2 nitrogen and oxygen atoms in total. The molecule has 2 rings (SSSR count). The summed E-state index contributed by atoms with van der Waals surface area (Å²) in [5.41, 5.74) is 0.0596. The van der Waals surface area contributed by atoms with Gasteiger partial charge in [0.25, 0.3) is 0 Å². The Hall–Kier alpha value is -0.0151. The first-order chi connectivity index (χ1) is 5.19. The van der Waals surface area contributed by atoms with E-state index in [-0.39, 0.29) is 5.60 Å². The van der Waals surface area contributed by atoms with Crippen LogP contribution in [0.2, 0.25) is 0 Å². The summed E-state index contributed by atoms with van der Waals surface area (Å²) in [5.74, 6) is 0.586. The highest BCUT2D eigenvalue weighted by Gasteiger charge is 2.56. The monoisotopic (exact) mass is 154 g/mol. The maximum absolute atomic E-state index is 5.88. The summed E-state index contributed by atoms with van der Waals surface area (Å²) in [7, 11) is 2.11. The third kappa shape index (κ3) is 0.813. The van der Waals surface area contributed by atoms with E-state index in [1.54, 1.807) is 0 Å². The largest absolute Gasteiger partial charge is 0.375 e. The molecule has 11 heavy (non-hydrogen) atoms. The molecule has 1 unspecified atom stereocenters. The third-order valence-electron chi connectivity index (χ3n) is 3.32. The maximum Gasteiger partial charge on any atom is 0.142 e. The van der Waals surface area contributed by atoms with Crippen molar-refractivity contribution in [2.75, 3.05) is 6.61 Å². The summed E-state index contributed by atoms with van der Waals surface area (Å²) >= 11 is 0. The Morgan fingerprint density at radius 2 is 2.36 bits per heavy atom. The van der Waals surface area contributed by atoms with Crippen molar-refractivity contribution in [2.24, 2.45) is 5.92 Å². The molecule has 0 aromatic rings. The predicted molar refractivity (Wildman–Crippen MR) is 45.3 cm³/mol. The van der Waals surface area contributed by atoms with Gasteiger partial charge in [0, 0.05) is 5.92 Å². The Morgan fingerprint density at radius 1 is 1.64 bits per heavy atom. The molecule has 2 fully saturated rings. The van der Waals surface area contributed by atoms with Crippen molar-refractivity contribution in [3.05, 3.63) is 0 Å². The van der Waals surface area contributed by atoms with Gasteiger partial charge in [-0.2, -0.15) is 0 Å². The molecule has 0 amide bonds. The minimum absolute atomic E-state index is 0.0596. The van der Waals surface area contributed by atoms with Gasteiger partial charge in [-0.05, 0) is 6.42 Å². The quantitative estimate of drug-likeness (QED) is 0.501. The Labute approximate surface area is 68.7 Å². The van der Waals surface area contributed by atoms with E-state index >= 15 is 0 Å². The van der Waals surface area contributed by atoms with Gasteiger partial charge in [0.2, 0.25) is 0 Å². The molecule has 4 atom stereocenters. The lowest BCUT2D eigenvalue weighted by atomic mass is 9.85. The van der Waals surface area contributed by atoms with Crippen molar-refractivity contribution >= 4 is 7.85 Å². The Bertz CT molecular complexity index is 173. The van der Waals surface area contributed by atoms with Crippen LogP contribution in [-0.4, -0.2) is 32.2 Å². The lowest BCUT2D eigenvalue weighted by molar-refractivity contribution is -0.115. The molecule has 2 aliphatic rings. The van der Waals surface area contributed by atoms with Crippen LogP contribution in [0.5, 0.6) is 0 Å². The van der Waals surface area contributed by atoms with Gasteiger partial charge in [-0.3, -0.25) is 0 Å². The van der Waals surface area contributed by atoms with Crippen LogP contribution in [0.25, 0.3) is 0 Å². The molecule has 0 spiro atoms. The van der Waals surface area contributed by atoms with Gasteiger partial charge >= 0.3 is 0 Å². The second-order valence-corrected chi connectivity index (χ2v) is 3.81. The number of hydrogen-bond acceptors (Lipinski definition) is 2. The third-order valence-corrected chi connectivity index (χ3v) is 3.32. The first-order valence-electron chi connectivity index (χ1n) is 4.49. The average Bonchev–Trinajstić information content (AvgIpc) is 2.42. The lowest BCUT2D eigenvalue weighted by Gasteiger charge is -2.29. The van der Waals surface area contributed by atoms with Crippen molar-refractivity contribution in [2.45, 2.75) is 38.0 Å². The molecular formula is C8H15BO2. The molecule has 62 valence electrons. The Balaban J connectivity index is 2.24. The van der Waals surface area contributed by atoms with Crippen LogP contribution in [0.15, 0.2) is 0 Å². The van der Waals surface area contributed by atoms with Crippen molar-refractivity contribution in [1.29, 1.82) is 0 Å². The van der Waals surface area contributed by atoms with Crippen LogP contribution in [0.4, 0.5) is 0 Å². The summed E-state index contributed by atoms with van der Waals surface area (Å²) in [4.78, 5) is 0. The highest BCUT2D eigenvalue weighted by Crippen LogP contribution is 2.45. The van der Waals surface area contributed by atoms with Gasteiger partial charge in [-0.25, -0.2) is 0 Å². The second-order valence-electron chi connectivity index (χ2n) is 3.81. The molecule has 2 bridgehead atoms. The zero-order chi connectivity index (χ0) is 8.06. The van der Waals surface area contributed by atoms with E-state index in [1.807, 2.05) is 0 Å². The SMILES string of the molecule is B[C@@H]1O[C@]2(CC)CO[C@@H]1C2C. The fourth-order valence-corrected chi connectivity index (χ4v) is 2.44. The molecular weight excluding hydrogens is 139 g/mol. The molecule has 0 saturated carbocycles. The van der Waals surface area contributed by atoms with E-state index in [4.69, 9.17) is 9.47 Å². The first-order valence-corrected chi connectivity index (χ1v) is 4.49. The minimum atomic E-state index is 0.0596. The second kappa shape index (κ2) is 2.24. The van der Waals surface area contributed by atoms with Crippen LogP contribution in [0.3, 0.4) is 0 Å². The number of rotatable bonds is 1. The van der Waals surface area contributed by atoms with Crippen molar-refractivity contribution in [3.63, 3.8) is 0 Å². The van der Waals surface area contributed by atoms with E-state index in [0.717, 1.165) is 13.0 Å². The number of ether oxygens (including phenoxy) is 2. The van der Waals surface area contributed by atoms with Crippen LogP contribution < -0.4 is 0 Å². The molecule has 2 heterocycles. The van der Waals surface area contributed by atoms with E-state index in [0.29, 0.717) is 18.0 Å². The molecule has 0 aliphatic carbocycles. The molecule has 3 heteroatoms. The molecule has 2 aliphatic heterocycles. The zero-order valence-electron chi connectivity index (χ0n) is 7.46. The van der Waals surface area contributed by atoms with Crippen molar-refractivity contribution in [1.82, 2.24) is 0 Å². The van der Waals surface area contributed by atoms with Gasteiger partial charge in [0.05, 0.1) is 24.3 Å². The van der Waals surface area contributed by atoms with E-state index in [2.05, 4.69) is 21.7 Å². The standard InChI is InChI=1S/C8H15BO2/c1-3-8-4-10-6(5(8)2)7(9)11-8/h5-7H,3-4,9H2,1-2H3/t5?,6-,7-,8-/m1/s1. The van der Waals surface area contributed by atoms with Gasteiger partial charge in [0.1, 0.15) is 7.85 Å². The van der Waals surface area contributed by atoms with Gasteiger partial charge in [-0.15, -0.1) is 0 Å². The summed E-state index contributed by atoms with van der Waals surface area (Å²) in [5, 5.41) is 0. The van der Waals surface area contributed by atoms with Gasteiger partial charge in [-0.1, -0.05) is 13.8 Å². The van der Waals surface area contributed by atoms with Gasteiger partial charge < -0.3 is 9.47 Å². The lowest BCUT2D eigenvalue weighted by Crippen LogP contribution is -2.37. The summed E-state index contributed by atoms with van der Waals surface area (Å²) in [6, 6.07) is 0.304. The summed E-state index contributed by atoms with van der Waals surface area (Å²) < 4.78 is 11.5. The van der Waals surface area contributed by atoms with Crippen molar-refractivity contribution in [3.8, 4) is 0 Å². The molecule has 0 radical (unpaired) electrons. The molecule has 2 saturated heterocycles. The van der Waals surface area contributed by atoms with Crippen LogP contribution in [-0.2, 0) is 9.47 Å². The summed E-state index contributed by atoms with van der Waals surface area (Å²) in [6.07, 6.45) is 1.43. The maximum atomic E-state index is 5.88. The zero-order valence-corrected chi connectivity index (χ0v) is 7.46. The predicted octanol–water partition coefficient (Wildman–Crippen LogP) is 0.159. The summed E-state index contributed by atoms with van der Waals surface area (Å²) in [6.45, 7) is 5.23. The molecule has 0 N–H and O–H groups in total. The average molecular weight is 154 g/mol. The highest BCUT2D eigenvalue weighted by atomic mass is 16.6. The number of fused-ring (bicyclic) bond motifs is 2. The van der Waals surface area contributed by atoms with E-state index in [9.17, 15) is 0 Å². The Kier molecular flexibility index (Phi) is 1.55. The topological polar surface area (TPSA) is 18.5 Å². The fourth-order valence-electron chi connectivity index (χ4n) is 2.44. The van der Waals surface area contributed by atoms with E-state index in [1.165, 1.54) is 0 Å². The normalized spacial score (nSPS) is 55.3. The fraction of sp³-hybridized carbons (Fsp3) is 1.00.